The Hall–Kier alpha value is -3.09. The van der Waals surface area contributed by atoms with Crippen molar-refractivity contribution in [1.82, 2.24) is 29.9 Å². The van der Waals surface area contributed by atoms with Crippen molar-refractivity contribution in [1.29, 1.82) is 5.26 Å². The summed E-state index contributed by atoms with van der Waals surface area (Å²) in [5, 5.41) is 17.4. The van der Waals surface area contributed by atoms with E-state index in [1.54, 1.807) is 17.9 Å². The van der Waals surface area contributed by atoms with E-state index in [2.05, 4.69) is 31.2 Å². The van der Waals surface area contributed by atoms with Crippen molar-refractivity contribution in [2.45, 2.75) is 39.5 Å². The summed E-state index contributed by atoms with van der Waals surface area (Å²) in [7, 11) is 1.79. The molecular formula is C24H30ClN7O2. The van der Waals surface area contributed by atoms with Gasteiger partial charge in [0, 0.05) is 30.8 Å². The number of Topliss-reactive ketones (excluding diaryl/α,β-unsaturated/α-hetero) is 1. The molecule has 0 spiro atoms. The van der Waals surface area contributed by atoms with E-state index in [9.17, 15) is 10.1 Å². The number of halogens is 1. The molecule has 0 amide bonds. The molecule has 0 radical (unpaired) electrons. The number of rotatable bonds is 8. The molecule has 0 atom stereocenters. The fourth-order valence-electron chi connectivity index (χ4n) is 4.23. The van der Waals surface area contributed by atoms with E-state index in [-0.39, 0.29) is 18.1 Å². The molecule has 10 heteroatoms. The number of ether oxygens (including phenoxy) is 1. The molecule has 180 valence electrons. The van der Waals surface area contributed by atoms with Gasteiger partial charge in [-0.1, -0.05) is 12.1 Å². The lowest BCUT2D eigenvalue weighted by atomic mass is 9.94. The molecule has 3 aromatic rings. The lowest BCUT2D eigenvalue weighted by Crippen LogP contribution is -2.37. The lowest BCUT2D eigenvalue weighted by Gasteiger charge is -2.31. The molecule has 4 heterocycles. The van der Waals surface area contributed by atoms with E-state index in [0.717, 1.165) is 49.0 Å². The second kappa shape index (κ2) is 11.4. The zero-order chi connectivity index (χ0) is 23.4. The first-order valence-corrected chi connectivity index (χ1v) is 11.4. The maximum Gasteiger partial charge on any atom is 0.216 e. The molecule has 0 bridgehead atoms. The number of nitriles is 1. The molecule has 9 nitrogen and oxygen atoms in total. The maximum atomic E-state index is 11.6. The minimum Gasteiger partial charge on any atom is -0.477 e. The highest BCUT2D eigenvalue weighted by Crippen LogP contribution is 2.27. The summed E-state index contributed by atoms with van der Waals surface area (Å²) in [6, 6.07) is 5.95. The number of pyridine rings is 2. The van der Waals surface area contributed by atoms with Crippen LogP contribution >= 0.6 is 12.4 Å². The number of hydrogen-bond donors (Lipinski definition) is 0. The van der Waals surface area contributed by atoms with E-state index in [1.165, 1.54) is 0 Å². The first kappa shape index (κ1) is 25.5. The van der Waals surface area contributed by atoms with Gasteiger partial charge in [-0.2, -0.15) is 5.26 Å². The van der Waals surface area contributed by atoms with Crippen molar-refractivity contribution in [3.05, 3.63) is 29.6 Å². The highest BCUT2D eigenvalue weighted by atomic mass is 35.5. The number of aromatic nitrogens is 5. The van der Waals surface area contributed by atoms with Crippen LogP contribution < -0.4 is 4.74 Å². The quantitative estimate of drug-likeness (QED) is 0.478. The Labute approximate surface area is 205 Å². The second-order valence-electron chi connectivity index (χ2n) is 8.64. The van der Waals surface area contributed by atoms with Crippen LogP contribution in [0.1, 0.15) is 43.9 Å². The van der Waals surface area contributed by atoms with Gasteiger partial charge in [0.2, 0.25) is 5.88 Å². The summed E-state index contributed by atoms with van der Waals surface area (Å²) in [6.07, 6.45) is 5.53. The molecule has 1 aliphatic heterocycles. The molecule has 0 unspecified atom stereocenters. The third-order valence-corrected chi connectivity index (χ3v) is 6.30. The summed E-state index contributed by atoms with van der Waals surface area (Å²) in [4.78, 5) is 22.8. The predicted molar refractivity (Wildman–Crippen MR) is 131 cm³/mol. The Bertz CT molecular complexity index is 1200. The molecule has 0 N–H and O–H groups in total. The number of hydrogen-bond acceptors (Lipinski definition) is 8. The Morgan fingerprint density at radius 3 is 2.74 bits per heavy atom. The minimum atomic E-state index is 0. The second-order valence-corrected chi connectivity index (χ2v) is 8.64. The van der Waals surface area contributed by atoms with Crippen LogP contribution in [0, 0.1) is 24.2 Å². The summed E-state index contributed by atoms with van der Waals surface area (Å²) < 4.78 is 7.62. The molecule has 4 rings (SSSR count). The third-order valence-electron chi connectivity index (χ3n) is 6.30. The first-order chi connectivity index (χ1) is 16.0. The molecule has 0 saturated carbocycles. The number of likely N-dealkylation sites (tertiary alicyclic amines) is 1. The molecule has 1 saturated heterocycles. The van der Waals surface area contributed by atoms with Crippen LogP contribution in [0.5, 0.6) is 5.88 Å². The van der Waals surface area contributed by atoms with Crippen LogP contribution in [0.4, 0.5) is 0 Å². The van der Waals surface area contributed by atoms with Gasteiger partial charge in [0.25, 0.3) is 0 Å². The number of fused-ring (bicyclic) bond motifs is 1. The topological polar surface area (TPSA) is 110 Å². The van der Waals surface area contributed by atoms with Crippen LogP contribution in [0.15, 0.2) is 18.3 Å². The Morgan fingerprint density at radius 2 is 2.06 bits per heavy atom. The van der Waals surface area contributed by atoms with E-state index in [0.29, 0.717) is 48.4 Å². The number of carbonyl (C=O) groups excluding carboxylic acids is 1. The van der Waals surface area contributed by atoms with Crippen molar-refractivity contribution < 1.29 is 9.53 Å². The van der Waals surface area contributed by atoms with Gasteiger partial charge in [0.1, 0.15) is 17.4 Å². The fourth-order valence-corrected chi connectivity index (χ4v) is 4.23. The minimum absolute atomic E-state index is 0. The monoisotopic (exact) mass is 483 g/mol. The van der Waals surface area contributed by atoms with Crippen LogP contribution in [-0.4, -0.2) is 61.9 Å². The average Bonchev–Trinajstić information content (AvgIpc) is 3.21. The standard InChI is InChI=1S/C24H29N7O2.ClH/c1-4-19(32)15-31-8-5-17(6-9-31)7-10-33-24-16(2)11-18(14-26-24)20-12-22-23(21(13-25)27-20)28-29-30(22)3;/h11-12,14,17H,4-10,15H2,1-3H3;1H. The van der Waals surface area contributed by atoms with Crippen LogP contribution in [0.2, 0.25) is 0 Å². The van der Waals surface area contributed by atoms with Gasteiger partial charge in [0.05, 0.1) is 24.4 Å². The van der Waals surface area contributed by atoms with Crippen molar-refractivity contribution in [3.63, 3.8) is 0 Å². The largest absolute Gasteiger partial charge is 0.477 e. The number of ketones is 1. The van der Waals surface area contributed by atoms with Crippen molar-refractivity contribution in [3.8, 4) is 23.2 Å². The summed E-state index contributed by atoms with van der Waals surface area (Å²) >= 11 is 0. The number of aryl methyl sites for hydroxylation is 2. The molecule has 1 fully saturated rings. The smallest absolute Gasteiger partial charge is 0.216 e. The predicted octanol–water partition coefficient (Wildman–Crippen LogP) is 3.49. The first-order valence-electron chi connectivity index (χ1n) is 11.4. The van der Waals surface area contributed by atoms with Gasteiger partial charge < -0.3 is 4.74 Å². The Kier molecular flexibility index (Phi) is 8.53. The van der Waals surface area contributed by atoms with Gasteiger partial charge in [-0.3, -0.25) is 9.69 Å². The normalized spacial score (nSPS) is 14.5. The maximum absolute atomic E-state index is 11.6. The van der Waals surface area contributed by atoms with E-state index in [4.69, 9.17) is 4.74 Å². The molecule has 34 heavy (non-hydrogen) atoms. The Balaban J connectivity index is 0.00000324. The van der Waals surface area contributed by atoms with Gasteiger partial charge in [-0.15, -0.1) is 17.5 Å². The molecule has 0 aliphatic carbocycles. The zero-order valence-electron chi connectivity index (χ0n) is 19.8. The van der Waals surface area contributed by atoms with Gasteiger partial charge >= 0.3 is 0 Å². The highest BCUT2D eigenvalue weighted by molar-refractivity contribution is 5.85. The summed E-state index contributed by atoms with van der Waals surface area (Å²) in [5.41, 5.74) is 3.88. The fraction of sp³-hybridized carbons (Fsp3) is 0.500. The number of piperidine rings is 1. The number of nitrogens with zero attached hydrogens (tertiary/aromatic N) is 7. The van der Waals surface area contributed by atoms with Crippen molar-refractivity contribution in [2.24, 2.45) is 13.0 Å². The molecule has 1 aliphatic rings. The van der Waals surface area contributed by atoms with Gasteiger partial charge in [-0.05, 0) is 57.3 Å². The van der Waals surface area contributed by atoms with Gasteiger partial charge in [-0.25, -0.2) is 14.6 Å². The third kappa shape index (κ3) is 5.69. The molecule has 0 aromatic carbocycles. The SMILES string of the molecule is CCC(=O)CN1CCC(CCOc2ncc(-c3cc4c(nnn4C)c(C#N)n3)cc2C)CC1.Cl. The number of carbonyl (C=O) groups is 1. The Morgan fingerprint density at radius 1 is 1.29 bits per heavy atom. The average molecular weight is 484 g/mol. The van der Waals surface area contributed by atoms with Crippen molar-refractivity contribution >= 4 is 29.2 Å². The highest BCUT2D eigenvalue weighted by Gasteiger charge is 2.20. The van der Waals surface area contributed by atoms with Crippen molar-refractivity contribution in [2.75, 3.05) is 26.2 Å². The molecular weight excluding hydrogens is 454 g/mol. The molecule has 3 aromatic heterocycles. The summed E-state index contributed by atoms with van der Waals surface area (Å²) in [6.45, 7) is 7.06. The zero-order valence-corrected chi connectivity index (χ0v) is 20.6. The van der Waals surface area contributed by atoms with Gasteiger partial charge in [0.15, 0.2) is 5.69 Å². The van der Waals surface area contributed by atoms with Crippen LogP contribution in [-0.2, 0) is 11.8 Å². The van der Waals surface area contributed by atoms with E-state index in [1.807, 2.05) is 26.0 Å². The van der Waals surface area contributed by atoms with Crippen LogP contribution in [0.3, 0.4) is 0 Å². The van der Waals surface area contributed by atoms with E-state index < -0.39 is 0 Å². The van der Waals surface area contributed by atoms with Crippen LogP contribution in [0.25, 0.3) is 22.3 Å². The van der Waals surface area contributed by atoms with E-state index >= 15 is 0 Å². The summed E-state index contributed by atoms with van der Waals surface area (Å²) in [5.74, 6) is 1.55. The lowest BCUT2D eigenvalue weighted by molar-refractivity contribution is -0.120.